The number of nitriles is 1. The molecule has 4 heterocycles. The van der Waals surface area contributed by atoms with Crippen molar-refractivity contribution in [3.05, 3.63) is 53.1 Å². The van der Waals surface area contributed by atoms with Gasteiger partial charge < -0.3 is 24.2 Å². The van der Waals surface area contributed by atoms with Gasteiger partial charge in [0.05, 0.1) is 24.1 Å². The number of likely N-dealkylation sites (N-methyl/N-ethyl adjacent to an activating group) is 1. The molecule has 2 saturated heterocycles. The standard InChI is InChI=1S/C32H40N6O3/c1-4-27(39)38-19-18-37(20-24(38)13-16-33)29-26-12-15-32(14-6-10-23-9-5-8-22(2)28(23)32)41-30(26)35-31(34-29)40-21-25-11-7-17-36(25)3/h4-5,8-9,24-25H,1,6-7,10-15,17-21H2,2-3H3/t24-,25-,32+/m0/s1. The predicted octanol–water partition coefficient (Wildman–Crippen LogP) is 3.93. The van der Waals surface area contributed by atoms with Crippen LogP contribution in [0.15, 0.2) is 30.9 Å². The van der Waals surface area contributed by atoms with Crippen molar-refractivity contribution in [2.75, 3.05) is 44.7 Å². The molecule has 4 aliphatic rings. The zero-order valence-corrected chi connectivity index (χ0v) is 24.3. The Hall–Kier alpha value is -3.64. The van der Waals surface area contributed by atoms with E-state index in [1.165, 1.54) is 29.2 Å². The van der Waals surface area contributed by atoms with Crippen LogP contribution in [0.3, 0.4) is 0 Å². The average Bonchev–Trinajstić information content (AvgIpc) is 3.39. The van der Waals surface area contributed by atoms with Crippen LogP contribution in [0.1, 0.15) is 60.8 Å². The molecular weight excluding hydrogens is 516 g/mol. The second-order valence-corrected chi connectivity index (χ2v) is 12.0. The fourth-order valence-electron chi connectivity index (χ4n) is 7.35. The minimum atomic E-state index is -0.404. The Labute approximate surface area is 242 Å². The minimum absolute atomic E-state index is 0.143. The molecule has 3 atom stereocenters. The summed E-state index contributed by atoms with van der Waals surface area (Å²) in [6.07, 6.45) is 8.60. The fourth-order valence-corrected chi connectivity index (χ4v) is 7.35. The molecule has 216 valence electrons. The Morgan fingerprint density at radius 3 is 2.88 bits per heavy atom. The smallest absolute Gasteiger partial charge is 0.321 e. The maximum absolute atomic E-state index is 12.5. The topological polar surface area (TPSA) is 94.8 Å². The number of likely N-dealkylation sites (tertiary alicyclic amines) is 1. The number of piperazine rings is 1. The summed E-state index contributed by atoms with van der Waals surface area (Å²) in [5.74, 6) is 1.26. The second kappa shape index (κ2) is 11.3. The molecule has 1 aromatic heterocycles. The first kappa shape index (κ1) is 27.5. The highest BCUT2D eigenvalue weighted by Gasteiger charge is 2.45. The highest BCUT2D eigenvalue weighted by atomic mass is 16.5. The Balaban J connectivity index is 1.36. The molecule has 9 heteroatoms. The van der Waals surface area contributed by atoms with Gasteiger partial charge in [-0.15, -0.1) is 0 Å². The Morgan fingerprint density at radius 2 is 2.10 bits per heavy atom. The van der Waals surface area contributed by atoms with Crippen LogP contribution in [0.4, 0.5) is 5.82 Å². The fraction of sp³-hybridized carbons (Fsp3) is 0.562. The van der Waals surface area contributed by atoms with Crippen LogP contribution in [0.2, 0.25) is 0 Å². The lowest BCUT2D eigenvalue weighted by molar-refractivity contribution is -0.128. The van der Waals surface area contributed by atoms with Gasteiger partial charge in [0.2, 0.25) is 11.8 Å². The highest BCUT2D eigenvalue weighted by molar-refractivity contribution is 5.87. The van der Waals surface area contributed by atoms with Crippen molar-refractivity contribution in [3.8, 4) is 18.0 Å². The van der Waals surface area contributed by atoms with Gasteiger partial charge in [-0.3, -0.25) is 4.79 Å². The van der Waals surface area contributed by atoms with Crippen molar-refractivity contribution >= 4 is 11.7 Å². The number of aryl methyl sites for hydroxylation is 2. The van der Waals surface area contributed by atoms with E-state index in [4.69, 9.17) is 19.4 Å². The third-order valence-electron chi connectivity index (χ3n) is 9.48. The maximum Gasteiger partial charge on any atom is 0.321 e. The number of anilines is 1. The van der Waals surface area contributed by atoms with Crippen molar-refractivity contribution in [1.82, 2.24) is 19.8 Å². The van der Waals surface area contributed by atoms with E-state index in [2.05, 4.69) is 54.6 Å². The predicted molar refractivity (Wildman–Crippen MR) is 156 cm³/mol. The summed E-state index contributed by atoms with van der Waals surface area (Å²) < 4.78 is 13.3. The normalized spacial score (nSPS) is 25.7. The number of nitrogens with zero attached hydrogens (tertiary/aromatic N) is 6. The molecule has 0 N–H and O–H groups in total. The number of ether oxygens (including phenoxy) is 2. The van der Waals surface area contributed by atoms with E-state index >= 15 is 0 Å². The van der Waals surface area contributed by atoms with E-state index in [-0.39, 0.29) is 18.4 Å². The molecule has 0 bridgehead atoms. The first-order chi connectivity index (χ1) is 19.9. The number of carbonyl (C=O) groups excluding carboxylic acids is 1. The molecule has 3 aliphatic heterocycles. The quantitative estimate of drug-likeness (QED) is 0.494. The summed E-state index contributed by atoms with van der Waals surface area (Å²) in [7, 11) is 2.13. The first-order valence-corrected chi connectivity index (χ1v) is 15.0. The van der Waals surface area contributed by atoms with Crippen LogP contribution < -0.4 is 14.4 Å². The molecule has 1 aliphatic carbocycles. The molecule has 1 spiro atoms. The van der Waals surface area contributed by atoms with Gasteiger partial charge in [-0.05, 0) is 82.7 Å². The van der Waals surface area contributed by atoms with Gasteiger partial charge in [0.25, 0.3) is 0 Å². The summed E-state index contributed by atoms with van der Waals surface area (Å²) in [5, 5.41) is 9.52. The highest BCUT2D eigenvalue weighted by Crippen LogP contribution is 2.49. The van der Waals surface area contributed by atoms with Gasteiger partial charge >= 0.3 is 6.01 Å². The molecule has 0 radical (unpaired) electrons. The third kappa shape index (κ3) is 5.14. The molecule has 9 nitrogen and oxygen atoms in total. The Kier molecular flexibility index (Phi) is 7.60. The number of carbonyl (C=O) groups is 1. The zero-order chi connectivity index (χ0) is 28.6. The summed E-state index contributed by atoms with van der Waals surface area (Å²) >= 11 is 0. The van der Waals surface area contributed by atoms with Gasteiger partial charge in [0, 0.05) is 31.2 Å². The Morgan fingerprint density at radius 1 is 1.22 bits per heavy atom. The van der Waals surface area contributed by atoms with E-state index in [9.17, 15) is 10.1 Å². The minimum Gasteiger partial charge on any atom is -0.466 e. The number of rotatable bonds is 6. The van der Waals surface area contributed by atoms with Crippen LogP contribution in [0, 0.1) is 18.3 Å². The van der Waals surface area contributed by atoms with E-state index in [1.54, 1.807) is 4.90 Å². The van der Waals surface area contributed by atoms with Crippen molar-refractivity contribution in [2.24, 2.45) is 0 Å². The summed E-state index contributed by atoms with van der Waals surface area (Å²) in [6.45, 7) is 9.04. The van der Waals surface area contributed by atoms with Gasteiger partial charge in [0.1, 0.15) is 18.0 Å². The van der Waals surface area contributed by atoms with Crippen LogP contribution in [0.25, 0.3) is 0 Å². The van der Waals surface area contributed by atoms with Gasteiger partial charge in [0.15, 0.2) is 0 Å². The largest absolute Gasteiger partial charge is 0.466 e. The van der Waals surface area contributed by atoms with E-state index in [0.717, 1.165) is 56.5 Å². The third-order valence-corrected chi connectivity index (χ3v) is 9.48. The number of fused-ring (bicyclic) bond motifs is 3. The summed E-state index contributed by atoms with van der Waals surface area (Å²) in [4.78, 5) is 28.6. The van der Waals surface area contributed by atoms with Crippen molar-refractivity contribution in [3.63, 3.8) is 0 Å². The maximum atomic E-state index is 12.5. The lowest BCUT2D eigenvalue weighted by atomic mass is 9.73. The SMILES string of the molecule is C=CC(=O)N1CCN(c2nc(OC[C@@H]3CCCN3C)nc3c2CC[C@@]2(CCCc4cccc(C)c42)O3)C[C@@H]1CC#N. The molecule has 2 fully saturated rings. The lowest BCUT2D eigenvalue weighted by Crippen LogP contribution is -2.55. The molecule has 0 saturated carbocycles. The Bertz CT molecular complexity index is 1370. The number of hydrogen-bond donors (Lipinski definition) is 0. The van der Waals surface area contributed by atoms with Crippen molar-refractivity contribution in [2.45, 2.75) is 76.0 Å². The monoisotopic (exact) mass is 556 g/mol. The molecule has 41 heavy (non-hydrogen) atoms. The molecule has 0 unspecified atom stereocenters. The molecule has 2 aromatic rings. The molecule has 1 aromatic carbocycles. The lowest BCUT2D eigenvalue weighted by Gasteiger charge is -2.45. The summed E-state index contributed by atoms with van der Waals surface area (Å²) in [6, 6.07) is 9.25. The number of amides is 1. The van der Waals surface area contributed by atoms with Crippen molar-refractivity contribution < 1.29 is 14.3 Å². The van der Waals surface area contributed by atoms with Crippen LogP contribution in [-0.4, -0.2) is 77.6 Å². The van der Waals surface area contributed by atoms with Crippen LogP contribution in [-0.2, 0) is 23.2 Å². The van der Waals surface area contributed by atoms with E-state index < -0.39 is 5.60 Å². The second-order valence-electron chi connectivity index (χ2n) is 12.0. The van der Waals surface area contributed by atoms with Gasteiger partial charge in [-0.1, -0.05) is 24.8 Å². The zero-order valence-electron chi connectivity index (χ0n) is 24.3. The number of benzene rings is 1. The van der Waals surface area contributed by atoms with Crippen molar-refractivity contribution in [1.29, 1.82) is 5.26 Å². The van der Waals surface area contributed by atoms with E-state index in [0.29, 0.717) is 44.2 Å². The summed E-state index contributed by atoms with van der Waals surface area (Å²) in [5.41, 5.74) is 4.54. The number of aromatic nitrogens is 2. The van der Waals surface area contributed by atoms with Crippen LogP contribution >= 0.6 is 0 Å². The number of hydrogen-bond acceptors (Lipinski definition) is 8. The van der Waals surface area contributed by atoms with Gasteiger partial charge in [-0.2, -0.15) is 15.2 Å². The first-order valence-electron chi connectivity index (χ1n) is 15.0. The average molecular weight is 557 g/mol. The van der Waals surface area contributed by atoms with Crippen LogP contribution in [0.5, 0.6) is 11.9 Å². The van der Waals surface area contributed by atoms with E-state index in [1.807, 2.05) is 0 Å². The molecular formula is C32H40N6O3. The van der Waals surface area contributed by atoms with Gasteiger partial charge in [-0.25, -0.2) is 0 Å². The molecule has 1 amide bonds. The molecule has 6 rings (SSSR count).